The molecule has 21 heavy (non-hydrogen) atoms. The van der Waals surface area contributed by atoms with Gasteiger partial charge in [-0.25, -0.2) is 0 Å². The SMILES string of the molecule is CCC1CCN(c2ccc(C(N)=NO)cc2[N+](=O)[O-])CC1. The van der Waals surface area contributed by atoms with E-state index in [1.807, 2.05) is 4.90 Å². The Hall–Kier alpha value is -2.31. The Balaban J connectivity index is 2.29. The number of piperidine rings is 1. The van der Waals surface area contributed by atoms with E-state index in [1.54, 1.807) is 12.1 Å². The number of nitrogens with zero attached hydrogens (tertiary/aromatic N) is 3. The molecule has 1 aliphatic rings. The van der Waals surface area contributed by atoms with Crippen LogP contribution in [0.1, 0.15) is 31.7 Å². The van der Waals surface area contributed by atoms with Crippen molar-refractivity contribution in [2.45, 2.75) is 26.2 Å². The van der Waals surface area contributed by atoms with Crippen molar-refractivity contribution in [3.63, 3.8) is 0 Å². The number of nitro groups is 1. The van der Waals surface area contributed by atoms with Gasteiger partial charge < -0.3 is 15.8 Å². The van der Waals surface area contributed by atoms with Crippen molar-refractivity contribution in [1.82, 2.24) is 0 Å². The minimum Gasteiger partial charge on any atom is -0.409 e. The molecule has 0 amide bonds. The van der Waals surface area contributed by atoms with E-state index in [9.17, 15) is 10.1 Å². The number of nitro benzene ring substituents is 1. The van der Waals surface area contributed by atoms with Gasteiger partial charge in [0.25, 0.3) is 5.69 Å². The molecular formula is C14H20N4O3. The van der Waals surface area contributed by atoms with Crippen molar-refractivity contribution in [3.05, 3.63) is 33.9 Å². The molecule has 0 aliphatic carbocycles. The Morgan fingerprint density at radius 3 is 2.71 bits per heavy atom. The number of rotatable bonds is 4. The highest BCUT2D eigenvalue weighted by atomic mass is 16.6. The highest BCUT2D eigenvalue weighted by Gasteiger charge is 2.24. The first kappa shape index (κ1) is 15.1. The lowest BCUT2D eigenvalue weighted by molar-refractivity contribution is -0.384. The minimum absolute atomic E-state index is 0.00551. The summed E-state index contributed by atoms with van der Waals surface area (Å²) in [4.78, 5) is 12.9. The van der Waals surface area contributed by atoms with Gasteiger partial charge in [0, 0.05) is 24.7 Å². The summed E-state index contributed by atoms with van der Waals surface area (Å²) >= 11 is 0. The largest absolute Gasteiger partial charge is 0.409 e. The Morgan fingerprint density at radius 2 is 2.19 bits per heavy atom. The third-order valence-electron chi connectivity index (χ3n) is 4.11. The van der Waals surface area contributed by atoms with Crippen molar-refractivity contribution in [1.29, 1.82) is 0 Å². The van der Waals surface area contributed by atoms with Crippen molar-refractivity contribution < 1.29 is 10.1 Å². The first-order valence-electron chi connectivity index (χ1n) is 7.08. The normalized spacial score (nSPS) is 17.0. The molecule has 2 rings (SSSR count). The fraction of sp³-hybridized carbons (Fsp3) is 0.500. The van der Waals surface area contributed by atoms with Gasteiger partial charge in [-0.15, -0.1) is 0 Å². The molecule has 0 saturated carbocycles. The molecule has 1 aromatic carbocycles. The summed E-state index contributed by atoms with van der Waals surface area (Å²) in [5, 5.41) is 22.8. The Bertz CT molecular complexity index is 551. The van der Waals surface area contributed by atoms with Crippen LogP contribution < -0.4 is 10.6 Å². The summed E-state index contributed by atoms with van der Waals surface area (Å²) in [6, 6.07) is 4.68. The number of nitrogens with two attached hydrogens (primary N) is 1. The molecule has 0 radical (unpaired) electrons. The number of oxime groups is 1. The summed E-state index contributed by atoms with van der Waals surface area (Å²) in [5.41, 5.74) is 6.43. The maximum Gasteiger partial charge on any atom is 0.293 e. The van der Waals surface area contributed by atoms with E-state index in [0.717, 1.165) is 32.4 Å². The van der Waals surface area contributed by atoms with Gasteiger partial charge in [0.15, 0.2) is 5.84 Å². The second-order valence-corrected chi connectivity index (χ2v) is 5.28. The number of benzene rings is 1. The van der Waals surface area contributed by atoms with Gasteiger partial charge in [0.1, 0.15) is 5.69 Å². The highest BCUT2D eigenvalue weighted by molar-refractivity contribution is 5.98. The zero-order chi connectivity index (χ0) is 15.4. The van der Waals surface area contributed by atoms with Gasteiger partial charge >= 0.3 is 0 Å². The smallest absolute Gasteiger partial charge is 0.293 e. The molecular weight excluding hydrogens is 272 g/mol. The van der Waals surface area contributed by atoms with Crippen molar-refractivity contribution in [3.8, 4) is 0 Å². The Labute approximate surface area is 123 Å². The summed E-state index contributed by atoms with van der Waals surface area (Å²) in [7, 11) is 0. The van der Waals surface area contributed by atoms with Gasteiger partial charge in [-0.2, -0.15) is 0 Å². The summed E-state index contributed by atoms with van der Waals surface area (Å²) in [5.74, 6) is 0.575. The molecule has 0 aromatic heterocycles. The van der Waals surface area contributed by atoms with Crippen LogP contribution in [0.25, 0.3) is 0 Å². The van der Waals surface area contributed by atoms with Crippen LogP contribution >= 0.6 is 0 Å². The lowest BCUT2D eigenvalue weighted by Crippen LogP contribution is -2.34. The fourth-order valence-electron chi connectivity index (χ4n) is 2.74. The van der Waals surface area contributed by atoms with Crippen molar-refractivity contribution in [2.24, 2.45) is 16.8 Å². The molecule has 7 nitrogen and oxygen atoms in total. The zero-order valence-corrected chi connectivity index (χ0v) is 12.0. The first-order valence-corrected chi connectivity index (χ1v) is 7.08. The van der Waals surface area contributed by atoms with Crippen molar-refractivity contribution >= 4 is 17.2 Å². The molecule has 0 spiro atoms. The summed E-state index contributed by atoms with van der Waals surface area (Å²) in [6.45, 7) is 3.82. The lowest BCUT2D eigenvalue weighted by Gasteiger charge is -2.32. The topological polar surface area (TPSA) is 105 Å². The molecule has 0 atom stereocenters. The second-order valence-electron chi connectivity index (χ2n) is 5.28. The predicted molar refractivity (Wildman–Crippen MR) is 80.8 cm³/mol. The quantitative estimate of drug-likeness (QED) is 0.291. The van der Waals surface area contributed by atoms with Crippen molar-refractivity contribution in [2.75, 3.05) is 18.0 Å². The molecule has 0 bridgehead atoms. The van der Waals surface area contributed by atoms with E-state index >= 15 is 0 Å². The van der Waals surface area contributed by atoms with Crippen LogP contribution in [-0.2, 0) is 0 Å². The number of hydrogen-bond acceptors (Lipinski definition) is 5. The predicted octanol–water partition coefficient (Wildman–Crippen LogP) is 2.32. The standard InChI is InChI=1S/C14H20N4O3/c1-2-10-5-7-17(8-6-10)12-4-3-11(14(15)16-19)9-13(12)18(20)21/h3-4,9-10,19H,2,5-8H2,1H3,(H2,15,16). The van der Waals surface area contributed by atoms with Crippen LogP contribution in [0.2, 0.25) is 0 Å². The molecule has 1 heterocycles. The Kier molecular flexibility index (Phi) is 4.62. The third kappa shape index (κ3) is 3.24. The van der Waals surface area contributed by atoms with Crippen LogP contribution in [0.5, 0.6) is 0 Å². The van der Waals surface area contributed by atoms with E-state index in [0.29, 0.717) is 17.2 Å². The van der Waals surface area contributed by atoms with E-state index in [-0.39, 0.29) is 11.5 Å². The molecule has 7 heteroatoms. The van der Waals surface area contributed by atoms with Crippen LogP contribution in [0, 0.1) is 16.0 Å². The maximum atomic E-state index is 11.3. The lowest BCUT2D eigenvalue weighted by atomic mass is 9.94. The Morgan fingerprint density at radius 1 is 1.52 bits per heavy atom. The molecule has 114 valence electrons. The fourth-order valence-corrected chi connectivity index (χ4v) is 2.74. The van der Waals surface area contributed by atoms with Crippen LogP contribution in [0.4, 0.5) is 11.4 Å². The monoisotopic (exact) mass is 292 g/mol. The number of anilines is 1. The van der Waals surface area contributed by atoms with Gasteiger partial charge in [0.05, 0.1) is 4.92 Å². The van der Waals surface area contributed by atoms with Gasteiger partial charge in [-0.1, -0.05) is 18.5 Å². The minimum atomic E-state index is -0.421. The molecule has 1 fully saturated rings. The second kappa shape index (κ2) is 6.43. The van der Waals surface area contributed by atoms with Crippen LogP contribution in [0.15, 0.2) is 23.4 Å². The average Bonchev–Trinajstić information content (AvgIpc) is 2.53. The van der Waals surface area contributed by atoms with E-state index in [1.165, 1.54) is 6.07 Å². The molecule has 0 unspecified atom stereocenters. The number of amidine groups is 1. The van der Waals surface area contributed by atoms with Gasteiger partial charge in [0.2, 0.25) is 0 Å². The summed E-state index contributed by atoms with van der Waals surface area (Å²) in [6.07, 6.45) is 3.25. The van der Waals surface area contributed by atoms with Gasteiger partial charge in [-0.3, -0.25) is 10.1 Å². The molecule has 1 saturated heterocycles. The molecule has 3 N–H and O–H groups in total. The van der Waals surface area contributed by atoms with Gasteiger partial charge in [-0.05, 0) is 30.9 Å². The third-order valence-corrected chi connectivity index (χ3v) is 4.11. The average molecular weight is 292 g/mol. The van der Waals surface area contributed by atoms with E-state index in [4.69, 9.17) is 10.9 Å². The van der Waals surface area contributed by atoms with Crippen LogP contribution in [-0.4, -0.2) is 29.1 Å². The zero-order valence-electron chi connectivity index (χ0n) is 12.0. The molecule has 1 aliphatic heterocycles. The number of hydrogen-bond donors (Lipinski definition) is 2. The maximum absolute atomic E-state index is 11.3. The first-order chi connectivity index (χ1) is 10.1. The van der Waals surface area contributed by atoms with E-state index in [2.05, 4.69) is 12.1 Å². The van der Waals surface area contributed by atoms with E-state index < -0.39 is 4.92 Å². The summed E-state index contributed by atoms with van der Waals surface area (Å²) < 4.78 is 0. The van der Waals surface area contributed by atoms with Crippen LogP contribution in [0.3, 0.4) is 0 Å². The highest BCUT2D eigenvalue weighted by Crippen LogP contribution is 2.32. The molecule has 1 aromatic rings.